The van der Waals surface area contributed by atoms with Crippen LogP contribution in [0, 0.1) is 0 Å². The second kappa shape index (κ2) is 65.6. The highest BCUT2D eigenvalue weighted by atomic mass is 16.7. The minimum absolute atomic E-state index is 0.116. The van der Waals surface area contributed by atoms with Crippen molar-refractivity contribution in [1.29, 1.82) is 0 Å². The van der Waals surface area contributed by atoms with E-state index in [0.717, 1.165) is 103 Å². The molecule has 0 aromatic carbocycles. The van der Waals surface area contributed by atoms with Crippen LogP contribution >= 0.6 is 0 Å². The summed E-state index contributed by atoms with van der Waals surface area (Å²) < 4.78 is 17.7. The lowest BCUT2D eigenvalue weighted by Crippen LogP contribution is -2.61. The van der Waals surface area contributed by atoms with Gasteiger partial charge in [0.2, 0.25) is 5.91 Å². The zero-order valence-electron chi connectivity index (χ0n) is 58.0. The fourth-order valence-electron chi connectivity index (χ4n) is 11.4. The van der Waals surface area contributed by atoms with Crippen molar-refractivity contribution in [3.05, 3.63) is 97.2 Å². The number of aliphatic hydroxyl groups excluding tert-OH is 5. The van der Waals surface area contributed by atoms with Crippen molar-refractivity contribution in [3.8, 4) is 0 Å². The maximum atomic E-state index is 13.5. The third-order valence-corrected chi connectivity index (χ3v) is 17.2. The molecular weight excluding hydrogens is 1120 g/mol. The summed E-state index contributed by atoms with van der Waals surface area (Å²) in [6, 6.07) is -1.03. The summed E-state index contributed by atoms with van der Waals surface area (Å²) in [6.07, 6.45) is 78.7. The number of carbonyl (C=O) groups is 2. The van der Waals surface area contributed by atoms with E-state index in [1.54, 1.807) is 6.08 Å². The lowest BCUT2D eigenvalue weighted by Gasteiger charge is -2.41. The van der Waals surface area contributed by atoms with E-state index in [0.29, 0.717) is 12.8 Å². The lowest BCUT2D eigenvalue weighted by atomic mass is 9.99. The first-order valence-corrected chi connectivity index (χ1v) is 37.5. The SMILES string of the molecule is CC/C=C\C/C=C\C/C=C\C/C=C\C/C=C\CCCCCCCCCCCCCC(=O)OC1C(OCC(NC(=O)C(O)CCCCCCCCCCCCCC/C=C\C/C=C\CCCCC)C(O)/C=C/CCCCCCCCCCCC)OC(CO)C(O)C1O. The smallest absolute Gasteiger partial charge is 0.306 e. The van der Waals surface area contributed by atoms with Gasteiger partial charge in [0.1, 0.15) is 24.4 Å². The molecular formula is C79H139NO10. The van der Waals surface area contributed by atoms with E-state index in [-0.39, 0.29) is 19.4 Å². The number of rotatable bonds is 64. The van der Waals surface area contributed by atoms with Crippen molar-refractivity contribution in [2.45, 2.75) is 378 Å². The lowest BCUT2D eigenvalue weighted by molar-refractivity contribution is -0.305. The average Bonchev–Trinajstić information content (AvgIpc) is 3.71. The zero-order valence-corrected chi connectivity index (χ0v) is 58.0. The molecule has 6 N–H and O–H groups in total. The van der Waals surface area contributed by atoms with E-state index in [1.165, 1.54) is 180 Å². The van der Waals surface area contributed by atoms with E-state index in [2.05, 4.69) is 111 Å². The minimum Gasteiger partial charge on any atom is -0.454 e. The van der Waals surface area contributed by atoms with Crippen molar-refractivity contribution < 1.29 is 49.3 Å². The van der Waals surface area contributed by atoms with Crippen LogP contribution in [0.5, 0.6) is 0 Å². The Balaban J connectivity index is 2.53. The molecule has 0 aromatic rings. The fraction of sp³-hybridized carbons (Fsp3) is 0.772. The second-order valence-corrected chi connectivity index (χ2v) is 25.6. The third-order valence-electron chi connectivity index (χ3n) is 17.2. The average molecular weight is 1260 g/mol. The molecule has 1 aliphatic heterocycles. The molecule has 1 heterocycles. The standard InChI is InChI=1S/C79H139NO10/c1-4-7-10-13-16-19-22-25-27-29-31-33-35-36-37-38-39-41-43-45-47-49-52-55-58-61-64-67-74(84)90-77-76(86)75(85)73(68-81)89-79(77)88-69-70(71(82)65-62-59-56-53-50-24-21-18-15-12-9-6-3)80-78(87)72(83)66-63-60-57-54-51-48-46-44-42-40-34-32-30-28-26-23-20-17-14-11-8-5-2/h7,10,16-17,19-20,25-28,31,33,36-37,62,65,70-73,75-77,79,81-83,85-86H,4-6,8-9,11-15,18,21-24,29-30,32,34-35,38-61,63-64,66-69H2,1-3H3,(H,80,87)/b10-7-,19-16-,20-17-,27-25-,28-26-,33-31-,37-36-,65-62+. The second-order valence-electron chi connectivity index (χ2n) is 25.6. The highest BCUT2D eigenvalue weighted by Gasteiger charge is 2.47. The first kappa shape index (κ1) is 84.6. The Bertz CT molecular complexity index is 1840. The van der Waals surface area contributed by atoms with Crippen molar-refractivity contribution in [3.63, 3.8) is 0 Å². The van der Waals surface area contributed by atoms with Gasteiger partial charge in [0, 0.05) is 6.42 Å². The molecule has 11 heteroatoms. The number of unbranched alkanes of at least 4 members (excludes halogenated alkanes) is 36. The molecule has 0 radical (unpaired) electrons. The summed E-state index contributed by atoms with van der Waals surface area (Å²) in [5, 5.41) is 57.3. The molecule has 1 amide bonds. The number of hydrogen-bond acceptors (Lipinski definition) is 10. The Labute approximate surface area is 552 Å². The quantitative estimate of drug-likeness (QED) is 0.0195. The molecule has 0 bridgehead atoms. The topological polar surface area (TPSA) is 175 Å². The van der Waals surface area contributed by atoms with Gasteiger partial charge in [-0.05, 0) is 103 Å². The van der Waals surface area contributed by atoms with Crippen molar-refractivity contribution >= 4 is 11.9 Å². The minimum atomic E-state index is -1.62. The molecule has 1 aliphatic rings. The summed E-state index contributed by atoms with van der Waals surface area (Å²) >= 11 is 0. The summed E-state index contributed by atoms with van der Waals surface area (Å²) in [7, 11) is 0. The Hall–Kier alpha value is -3.42. The zero-order chi connectivity index (χ0) is 65.3. The molecule has 8 unspecified atom stereocenters. The van der Waals surface area contributed by atoms with Crippen LogP contribution in [0.25, 0.3) is 0 Å². The maximum absolute atomic E-state index is 13.5. The Kier molecular flexibility index (Phi) is 61.7. The first-order chi connectivity index (χ1) is 44.2. The van der Waals surface area contributed by atoms with Gasteiger partial charge in [-0.3, -0.25) is 9.59 Å². The predicted molar refractivity (Wildman–Crippen MR) is 379 cm³/mol. The predicted octanol–water partition coefficient (Wildman–Crippen LogP) is 19.8. The van der Waals surface area contributed by atoms with Gasteiger partial charge in [0.25, 0.3) is 0 Å². The number of nitrogens with one attached hydrogen (secondary N) is 1. The maximum Gasteiger partial charge on any atom is 0.306 e. The summed E-state index contributed by atoms with van der Waals surface area (Å²) in [6.45, 7) is 5.69. The molecule has 0 spiro atoms. The van der Waals surface area contributed by atoms with E-state index in [4.69, 9.17) is 14.2 Å². The third kappa shape index (κ3) is 52.0. The van der Waals surface area contributed by atoms with Gasteiger partial charge < -0.3 is 45.1 Å². The molecule has 11 nitrogen and oxygen atoms in total. The van der Waals surface area contributed by atoms with Crippen molar-refractivity contribution in [2.24, 2.45) is 0 Å². The number of amides is 1. The molecule has 8 atom stereocenters. The number of carbonyl (C=O) groups excluding carboxylic acids is 2. The number of hydrogen-bond donors (Lipinski definition) is 6. The van der Waals surface area contributed by atoms with Crippen LogP contribution in [0.3, 0.4) is 0 Å². The van der Waals surface area contributed by atoms with Crippen LogP contribution in [-0.4, -0.2) is 99.6 Å². The monoisotopic (exact) mass is 1260 g/mol. The highest BCUT2D eigenvalue weighted by molar-refractivity contribution is 5.80. The Morgan fingerprint density at radius 2 is 0.800 bits per heavy atom. The number of ether oxygens (including phenoxy) is 3. The molecule has 1 fully saturated rings. The van der Waals surface area contributed by atoms with Crippen molar-refractivity contribution in [1.82, 2.24) is 5.32 Å². The number of esters is 1. The summed E-state index contributed by atoms with van der Waals surface area (Å²) in [5.74, 6) is -1.19. The highest BCUT2D eigenvalue weighted by Crippen LogP contribution is 2.26. The number of allylic oxidation sites excluding steroid dienone is 15. The molecule has 0 aliphatic carbocycles. The van der Waals surface area contributed by atoms with Gasteiger partial charge in [-0.2, -0.15) is 0 Å². The van der Waals surface area contributed by atoms with Crippen LogP contribution in [0.1, 0.15) is 329 Å². The van der Waals surface area contributed by atoms with Crippen LogP contribution < -0.4 is 5.32 Å². The Morgan fingerprint density at radius 3 is 1.22 bits per heavy atom. The van der Waals surface area contributed by atoms with E-state index in [1.807, 2.05) is 6.08 Å². The normalized spacial score (nSPS) is 18.6. The van der Waals surface area contributed by atoms with Crippen LogP contribution in [0.4, 0.5) is 0 Å². The van der Waals surface area contributed by atoms with Gasteiger partial charge >= 0.3 is 5.97 Å². The van der Waals surface area contributed by atoms with Gasteiger partial charge in [-0.15, -0.1) is 0 Å². The molecule has 0 saturated carbocycles. The van der Waals surface area contributed by atoms with Gasteiger partial charge in [0.05, 0.1) is 25.4 Å². The molecule has 1 rings (SSSR count). The van der Waals surface area contributed by atoms with Crippen LogP contribution in [-0.2, 0) is 23.8 Å². The summed E-state index contributed by atoms with van der Waals surface area (Å²) in [4.78, 5) is 26.7. The molecule has 520 valence electrons. The molecule has 1 saturated heterocycles. The molecule has 0 aromatic heterocycles. The van der Waals surface area contributed by atoms with Crippen molar-refractivity contribution in [2.75, 3.05) is 13.2 Å². The summed E-state index contributed by atoms with van der Waals surface area (Å²) in [5.41, 5.74) is 0. The number of aliphatic hydroxyl groups is 5. The Morgan fingerprint density at radius 1 is 0.444 bits per heavy atom. The largest absolute Gasteiger partial charge is 0.454 e. The van der Waals surface area contributed by atoms with E-state index < -0.39 is 67.4 Å². The van der Waals surface area contributed by atoms with Crippen LogP contribution in [0.15, 0.2) is 97.2 Å². The fourth-order valence-corrected chi connectivity index (χ4v) is 11.4. The van der Waals surface area contributed by atoms with E-state index >= 15 is 0 Å². The molecule has 90 heavy (non-hydrogen) atoms. The van der Waals surface area contributed by atoms with E-state index in [9.17, 15) is 35.1 Å². The first-order valence-electron chi connectivity index (χ1n) is 37.5. The van der Waals surface area contributed by atoms with Gasteiger partial charge in [0.15, 0.2) is 12.4 Å². The van der Waals surface area contributed by atoms with Crippen LogP contribution in [0.2, 0.25) is 0 Å². The van der Waals surface area contributed by atoms with Gasteiger partial charge in [-0.1, -0.05) is 317 Å². The van der Waals surface area contributed by atoms with Gasteiger partial charge in [-0.25, -0.2) is 0 Å².